The molecule has 0 spiro atoms. The van der Waals surface area contributed by atoms with Crippen molar-refractivity contribution >= 4 is 22.6 Å². The Morgan fingerprint density at radius 2 is 1.89 bits per heavy atom. The second kappa shape index (κ2) is 3.71. The molecule has 2 heteroatoms. The van der Waals surface area contributed by atoms with Crippen LogP contribution in [0.4, 0.5) is 0 Å². The maximum absolute atomic E-state index is 5.19. The van der Waals surface area contributed by atoms with Crippen molar-refractivity contribution in [3.05, 3.63) is 30.3 Å². The van der Waals surface area contributed by atoms with E-state index in [0.717, 1.165) is 5.75 Å². The molecule has 0 atom stereocenters. The summed E-state index contributed by atoms with van der Waals surface area (Å²) in [6.07, 6.45) is 0. The van der Waals surface area contributed by atoms with Gasteiger partial charge >= 0.3 is 0 Å². The van der Waals surface area contributed by atoms with E-state index in [9.17, 15) is 0 Å². The Balaban J connectivity index is 2.61. The highest BCUT2D eigenvalue weighted by atomic mass is 127. The smallest absolute Gasteiger partial charge is 0.139 e. The molecule has 0 aromatic heterocycles. The monoisotopic (exact) mass is 234 g/mol. The molecule has 0 radical (unpaired) electrons. The summed E-state index contributed by atoms with van der Waals surface area (Å²) < 4.78 is 5.90. The van der Waals surface area contributed by atoms with Crippen molar-refractivity contribution in [2.24, 2.45) is 0 Å². The van der Waals surface area contributed by atoms with E-state index in [1.54, 1.807) is 0 Å². The quantitative estimate of drug-likeness (QED) is 0.564. The molecule has 0 aliphatic carbocycles. The minimum absolute atomic E-state index is 0.710. The Hall–Kier alpha value is -0.250. The largest absolute Gasteiger partial charge is 0.483 e. The van der Waals surface area contributed by atoms with Crippen LogP contribution in [0.15, 0.2) is 30.3 Å². The van der Waals surface area contributed by atoms with Crippen molar-refractivity contribution in [2.75, 3.05) is 4.61 Å². The predicted octanol–water partition coefficient (Wildman–Crippen LogP) is 2.46. The first kappa shape index (κ1) is 6.86. The molecular weight excluding hydrogens is 227 g/mol. The van der Waals surface area contributed by atoms with Crippen LogP contribution >= 0.6 is 22.6 Å². The normalized spacial score (nSPS) is 9.00. The lowest BCUT2D eigenvalue weighted by atomic mass is 10.3. The molecule has 1 aromatic rings. The molecule has 0 saturated carbocycles. The Morgan fingerprint density at radius 1 is 1.22 bits per heavy atom. The molecule has 0 heterocycles. The summed E-state index contributed by atoms with van der Waals surface area (Å²) in [5.41, 5.74) is 0. The van der Waals surface area contributed by atoms with Crippen molar-refractivity contribution in [2.45, 2.75) is 0 Å². The predicted molar refractivity (Wildman–Crippen MR) is 46.0 cm³/mol. The minimum Gasteiger partial charge on any atom is -0.483 e. The average molecular weight is 234 g/mol. The number of hydrogen-bond donors (Lipinski definition) is 0. The van der Waals surface area contributed by atoms with E-state index in [1.165, 1.54) is 0 Å². The van der Waals surface area contributed by atoms with Crippen molar-refractivity contribution in [1.82, 2.24) is 0 Å². The highest BCUT2D eigenvalue weighted by Gasteiger charge is 1.84. The average Bonchev–Trinajstić information content (AvgIpc) is 1.91. The van der Waals surface area contributed by atoms with Gasteiger partial charge in [-0.3, -0.25) is 0 Å². The van der Waals surface area contributed by atoms with Crippen molar-refractivity contribution in [1.29, 1.82) is 0 Å². The highest BCUT2D eigenvalue weighted by Crippen LogP contribution is 2.08. The molecule has 9 heavy (non-hydrogen) atoms. The van der Waals surface area contributed by atoms with Gasteiger partial charge < -0.3 is 4.74 Å². The second-order valence-electron chi connectivity index (χ2n) is 1.57. The van der Waals surface area contributed by atoms with Gasteiger partial charge in [0, 0.05) is 0 Å². The number of para-hydroxylation sites is 1. The number of ether oxygens (including phenoxy) is 1. The summed E-state index contributed by atoms with van der Waals surface area (Å²) in [5, 5.41) is 0. The van der Waals surface area contributed by atoms with Crippen LogP contribution in [0.2, 0.25) is 0 Å². The van der Waals surface area contributed by atoms with Crippen LogP contribution < -0.4 is 4.74 Å². The zero-order valence-electron chi connectivity index (χ0n) is 4.88. The fraction of sp³-hybridized carbons (Fsp3) is 0.143. The molecule has 48 valence electrons. The van der Waals surface area contributed by atoms with E-state index in [4.69, 9.17) is 4.74 Å². The van der Waals surface area contributed by atoms with Crippen LogP contribution in [0.5, 0.6) is 5.75 Å². The first-order chi connectivity index (χ1) is 4.43. The van der Waals surface area contributed by atoms with E-state index in [0.29, 0.717) is 4.61 Å². The van der Waals surface area contributed by atoms with Gasteiger partial charge in [0.1, 0.15) is 10.4 Å². The minimum atomic E-state index is 0.710. The highest BCUT2D eigenvalue weighted by molar-refractivity contribution is 14.1. The molecule has 0 amide bonds. The zero-order valence-corrected chi connectivity index (χ0v) is 7.04. The maximum Gasteiger partial charge on any atom is 0.139 e. The summed E-state index contributed by atoms with van der Waals surface area (Å²) in [5.74, 6) is 0.937. The lowest BCUT2D eigenvalue weighted by Gasteiger charge is -1.98. The molecule has 0 unspecified atom stereocenters. The first-order valence-corrected chi connectivity index (χ1v) is 4.20. The van der Waals surface area contributed by atoms with E-state index in [-0.39, 0.29) is 0 Å². The summed E-state index contributed by atoms with van der Waals surface area (Å²) in [6, 6.07) is 9.78. The SMILES string of the molecule is ICOc1ccccc1. The van der Waals surface area contributed by atoms with Crippen LogP contribution in [-0.4, -0.2) is 4.61 Å². The summed E-state index contributed by atoms with van der Waals surface area (Å²) in [4.78, 5) is 0. The van der Waals surface area contributed by atoms with Gasteiger partial charge in [-0.2, -0.15) is 0 Å². The summed E-state index contributed by atoms with van der Waals surface area (Å²) in [7, 11) is 0. The van der Waals surface area contributed by atoms with E-state index >= 15 is 0 Å². The fourth-order valence-electron chi connectivity index (χ4n) is 0.580. The summed E-state index contributed by atoms with van der Waals surface area (Å²) in [6.45, 7) is 0. The Morgan fingerprint density at radius 3 is 2.44 bits per heavy atom. The topological polar surface area (TPSA) is 9.23 Å². The van der Waals surface area contributed by atoms with Gasteiger partial charge in [0.25, 0.3) is 0 Å². The van der Waals surface area contributed by atoms with Gasteiger partial charge in [-0.05, 0) is 34.7 Å². The van der Waals surface area contributed by atoms with Gasteiger partial charge in [0.2, 0.25) is 0 Å². The van der Waals surface area contributed by atoms with E-state index in [1.807, 2.05) is 30.3 Å². The third-order valence-electron chi connectivity index (χ3n) is 0.964. The molecular formula is C7H7IO. The van der Waals surface area contributed by atoms with Crippen LogP contribution in [0, 0.1) is 0 Å². The van der Waals surface area contributed by atoms with Gasteiger partial charge in [-0.25, -0.2) is 0 Å². The van der Waals surface area contributed by atoms with E-state index in [2.05, 4.69) is 22.6 Å². The molecule has 1 nitrogen and oxygen atoms in total. The number of benzene rings is 1. The van der Waals surface area contributed by atoms with Crippen LogP contribution in [0.1, 0.15) is 0 Å². The second-order valence-corrected chi connectivity index (χ2v) is 2.19. The zero-order chi connectivity index (χ0) is 6.53. The van der Waals surface area contributed by atoms with E-state index < -0.39 is 0 Å². The van der Waals surface area contributed by atoms with Gasteiger partial charge in [0.05, 0.1) is 0 Å². The molecule has 0 N–H and O–H groups in total. The third kappa shape index (κ3) is 2.22. The summed E-state index contributed by atoms with van der Waals surface area (Å²) >= 11 is 2.17. The molecule has 1 rings (SSSR count). The fourth-order valence-corrected chi connectivity index (χ4v) is 0.939. The van der Waals surface area contributed by atoms with Crippen LogP contribution in [-0.2, 0) is 0 Å². The third-order valence-corrected chi connectivity index (χ3v) is 1.28. The molecule has 0 saturated heterocycles. The molecule has 1 aromatic carbocycles. The van der Waals surface area contributed by atoms with Gasteiger partial charge in [0.15, 0.2) is 0 Å². The molecule has 0 aliphatic rings. The Kier molecular flexibility index (Phi) is 2.83. The number of rotatable bonds is 2. The van der Waals surface area contributed by atoms with Crippen molar-refractivity contribution < 1.29 is 4.74 Å². The number of alkyl halides is 1. The van der Waals surface area contributed by atoms with Crippen molar-refractivity contribution in [3.63, 3.8) is 0 Å². The lowest BCUT2D eigenvalue weighted by molar-refractivity contribution is 0.404. The maximum atomic E-state index is 5.19. The Bertz CT molecular complexity index is 162. The Labute approximate surface area is 68.2 Å². The molecule has 0 aliphatic heterocycles. The van der Waals surface area contributed by atoms with Crippen LogP contribution in [0.25, 0.3) is 0 Å². The number of halogens is 1. The first-order valence-electron chi connectivity index (χ1n) is 2.67. The molecule has 0 fully saturated rings. The number of hydrogen-bond acceptors (Lipinski definition) is 1. The lowest BCUT2D eigenvalue weighted by Crippen LogP contribution is -1.85. The van der Waals surface area contributed by atoms with Crippen molar-refractivity contribution in [3.8, 4) is 5.75 Å². The van der Waals surface area contributed by atoms with Crippen LogP contribution in [0.3, 0.4) is 0 Å². The molecule has 0 bridgehead atoms. The van der Waals surface area contributed by atoms with Gasteiger partial charge in [-0.15, -0.1) is 0 Å². The standard InChI is InChI=1S/C7H7IO/c8-6-9-7-4-2-1-3-5-7/h1-5H,6H2. The van der Waals surface area contributed by atoms with Gasteiger partial charge in [-0.1, -0.05) is 18.2 Å².